The predicted octanol–water partition coefficient (Wildman–Crippen LogP) is 3.43. The van der Waals surface area contributed by atoms with Crippen LogP contribution in [0.1, 0.15) is 46.0 Å². The molecule has 2 rings (SSSR count). The summed E-state index contributed by atoms with van der Waals surface area (Å²) in [5.74, 6) is 0. The van der Waals surface area contributed by atoms with E-state index in [4.69, 9.17) is 0 Å². The molecule has 0 aliphatic carbocycles. The van der Waals surface area contributed by atoms with Crippen molar-refractivity contribution >= 4 is 11.4 Å². The summed E-state index contributed by atoms with van der Waals surface area (Å²) in [6, 6.07) is 0. The highest BCUT2D eigenvalue weighted by atomic mass is 14.7. The number of nitrogens with zero attached hydrogens (tertiary/aromatic N) is 2. The van der Waals surface area contributed by atoms with E-state index in [2.05, 4.69) is 29.1 Å². The van der Waals surface area contributed by atoms with Crippen LogP contribution >= 0.6 is 0 Å². The van der Waals surface area contributed by atoms with Gasteiger partial charge in [0.05, 0.1) is 0 Å². The Morgan fingerprint density at radius 1 is 1.00 bits per heavy atom. The minimum Gasteiger partial charge on any atom is -0.294 e. The van der Waals surface area contributed by atoms with Crippen LogP contribution in [-0.4, -0.2) is 24.5 Å². The van der Waals surface area contributed by atoms with Gasteiger partial charge in [-0.1, -0.05) is 6.08 Å². The Hall–Kier alpha value is -0.920. The molecular weight excluding hydrogens is 184 g/mol. The van der Waals surface area contributed by atoms with Crippen molar-refractivity contribution < 1.29 is 0 Å². The van der Waals surface area contributed by atoms with Crippen LogP contribution in [-0.2, 0) is 0 Å². The molecular formula is C13H22N2. The molecule has 0 fully saturated rings. The van der Waals surface area contributed by atoms with Crippen LogP contribution in [0.5, 0.6) is 0 Å². The first-order valence-corrected chi connectivity index (χ1v) is 5.96. The molecule has 0 aromatic heterocycles. The summed E-state index contributed by atoms with van der Waals surface area (Å²) in [6.07, 6.45) is 10.6. The number of hydrogen-bond donors (Lipinski definition) is 0. The maximum Gasteiger partial charge on any atom is 0.0395 e. The molecule has 84 valence electrons. The molecule has 0 spiro atoms. The first-order valence-electron chi connectivity index (χ1n) is 5.96. The van der Waals surface area contributed by atoms with Crippen molar-refractivity contribution in [3.63, 3.8) is 0 Å². The zero-order valence-electron chi connectivity index (χ0n) is 10.00. The molecule has 0 atom stereocenters. The van der Waals surface area contributed by atoms with Gasteiger partial charge in [-0.2, -0.15) is 0 Å². The minimum atomic E-state index is 1.01. The second kappa shape index (κ2) is 7.38. The first kappa shape index (κ1) is 12.2. The highest BCUT2D eigenvalue weighted by molar-refractivity contribution is 5.92. The summed E-state index contributed by atoms with van der Waals surface area (Å²) >= 11 is 0. The fraction of sp³-hybridized carbons (Fsp3) is 0.692. The molecule has 2 aliphatic heterocycles. The van der Waals surface area contributed by atoms with E-state index in [0.717, 1.165) is 13.1 Å². The van der Waals surface area contributed by atoms with E-state index in [1.807, 2.05) is 6.92 Å². The quantitative estimate of drug-likeness (QED) is 0.580. The molecule has 0 radical (unpaired) electrons. The second-order valence-electron chi connectivity index (χ2n) is 4.14. The molecule has 2 heterocycles. The Morgan fingerprint density at radius 2 is 1.80 bits per heavy atom. The molecule has 0 aromatic rings. The van der Waals surface area contributed by atoms with E-state index in [-0.39, 0.29) is 0 Å². The molecule has 0 saturated carbocycles. The molecule has 0 saturated heterocycles. The zero-order valence-corrected chi connectivity index (χ0v) is 10.00. The Labute approximate surface area is 93.2 Å². The smallest absolute Gasteiger partial charge is 0.0395 e. The van der Waals surface area contributed by atoms with E-state index >= 15 is 0 Å². The lowest BCUT2D eigenvalue weighted by Crippen LogP contribution is -1.99. The number of hydrogen-bond acceptors (Lipinski definition) is 2. The van der Waals surface area contributed by atoms with Crippen LogP contribution in [0.3, 0.4) is 0 Å². The number of rotatable bonds is 0. The third-order valence-electron chi connectivity index (χ3n) is 2.58. The van der Waals surface area contributed by atoms with Gasteiger partial charge in [-0.25, -0.2) is 0 Å². The Bertz CT molecular complexity index is 262. The van der Waals surface area contributed by atoms with Crippen LogP contribution < -0.4 is 0 Å². The molecule has 0 unspecified atom stereocenters. The molecule has 0 aromatic carbocycles. The van der Waals surface area contributed by atoms with Crippen molar-refractivity contribution in [3.8, 4) is 0 Å². The molecule has 15 heavy (non-hydrogen) atoms. The van der Waals surface area contributed by atoms with E-state index in [0.29, 0.717) is 0 Å². The highest BCUT2D eigenvalue weighted by Crippen LogP contribution is 2.03. The van der Waals surface area contributed by atoms with E-state index in [1.165, 1.54) is 43.5 Å². The van der Waals surface area contributed by atoms with E-state index in [1.54, 1.807) is 0 Å². The standard InChI is InChI=1S/C7H11N.C6H11N/c1-7-5-3-2-4-6-8-7;1-6-4-2-3-5-7-6/h3,5H,2,4,6H2,1H3;2-5H2,1H3. The van der Waals surface area contributed by atoms with E-state index < -0.39 is 0 Å². The summed E-state index contributed by atoms with van der Waals surface area (Å²) in [5, 5.41) is 0. The maximum absolute atomic E-state index is 4.25. The lowest BCUT2D eigenvalue weighted by Gasteiger charge is -2.04. The third-order valence-corrected chi connectivity index (χ3v) is 2.58. The normalized spacial score (nSPS) is 20.7. The van der Waals surface area contributed by atoms with Crippen LogP contribution in [0.25, 0.3) is 0 Å². The van der Waals surface area contributed by atoms with Crippen molar-refractivity contribution in [3.05, 3.63) is 12.2 Å². The molecule has 0 bridgehead atoms. The van der Waals surface area contributed by atoms with Gasteiger partial charge >= 0.3 is 0 Å². The summed E-state index contributed by atoms with van der Waals surface area (Å²) in [6.45, 7) is 6.24. The summed E-state index contributed by atoms with van der Waals surface area (Å²) < 4.78 is 0. The first-order chi connectivity index (χ1) is 7.29. The monoisotopic (exact) mass is 206 g/mol. The van der Waals surface area contributed by atoms with Crippen molar-refractivity contribution in [1.29, 1.82) is 0 Å². The van der Waals surface area contributed by atoms with Gasteiger partial charge in [0.15, 0.2) is 0 Å². The van der Waals surface area contributed by atoms with Gasteiger partial charge in [0.1, 0.15) is 0 Å². The topological polar surface area (TPSA) is 24.7 Å². The fourth-order valence-electron chi connectivity index (χ4n) is 1.61. The molecule has 2 nitrogen and oxygen atoms in total. The van der Waals surface area contributed by atoms with Gasteiger partial charge in [-0.15, -0.1) is 0 Å². The summed E-state index contributed by atoms with van der Waals surface area (Å²) in [4.78, 5) is 8.50. The van der Waals surface area contributed by atoms with Gasteiger partial charge < -0.3 is 0 Å². The SMILES string of the molecule is CC1=NCCCC1.CC1=NCCCC=C1. The molecule has 0 N–H and O–H groups in total. The van der Waals surface area contributed by atoms with Crippen molar-refractivity contribution in [1.82, 2.24) is 0 Å². The lowest BCUT2D eigenvalue weighted by atomic mass is 10.1. The van der Waals surface area contributed by atoms with Gasteiger partial charge in [-0.05, 0) is 52.0 Å². The largest absolute Gasteiger partial charge is 0.294 e. The van der Waals surface area contributed by atoms with E-state index in [9.17, 15) is 0 Å². The van der Waals surface area contributed by atoms with Crippen LogP contribution in [0.15, 0.2) is 22.1 Å². The van der Waals surface area contributed by atoms with Gasteiger partial charge in [0, 0.05) is 24.5 Å². The third kappa shape index (κ3) is 6.21. The maximum atomic E-state index is 4.25. The Morgan fingerprint density at radius 3 is 2.40 bits per heavy atom. The molecule has 2 aliphatic rings. The average Bonchev–Trinajstić information content (AvgIpc) is 2.48. The number of aliphatic imine (C=N–C) groups is 2. The average molecular weight is 206 g/mol. The van der Waals surface area contributed by atoms with Crippen LogP contribution in [0, 0.1) is 0 Å². The Kier molecular flexibility index (Phi) is 5.98. The predicted molar refractivity (Wildman–Crippen MR) is 68.2 cm³/mol. The Balaban J connectivity index is 0.000000151. The fourth-order valence-corrected chi connectivity index (χ4v) is 1.61. The molecule has 0 amide bonds. The van der Waals surface area contributed by atoms with Crippen LogP contribution in [0.4, 0.5) is 0 Å². The van der Waals surface area contributed by atoms with Crippen LogP contribution in [0.2, 0.25) is 0 Å². The summed E-state index contributed by atoms with van der Waals surface area (Å²) in [5.41, 5.74) is 2.51. The number of allylic oxidation sites excluding steroid dienone is 2. The molecule has 2 heteroatoms. The van der Waals surface area contributed by atoms with Gasteiger partial charge in [0.25, 0.3) is 0 Å². The highest BCUT2D eigenvalue weighted by Gasteiger charge is 1.96. The lowest BCUT2D eigenvalue weighted by molar-refractivity contribution is 0.736. The minimum absolute atomic E-state index is 1.01. The van der Waals surface area contributed by atoms with Crippen molar-refractivity contribution in [2.75, 3.05) is 13.1 Å². The van der Waals surface area contributed by atoms with Gasteiger partial charge in [0.2, 0.25) is 0 Å². The van der Waals surface area contributed by atoms with Crippen molar-refractivity contribution in [2.45, 2.75) is 46.0 Å². The van der Waals surface area contributed by atoms with Gasteiger partial charge in [-0.3, -0.25) is 9.98 Å². The summed E-state index contributed by atoms with van der Waals surface area (Å²) in [7, 11) is 0. The zero-order chi connectivity index (χ0) is 10.9. The second-order valence-corrected chi connectivity index (χ2v) is 4.14. The van der Waals surface area contributed by atoms with Crippen molar-refractivity contribution in [2.24, 2.45) is 9.98 Å².